The van der Waals surface area contributed by atoms with Crippen molar-refractivity contribution in [2.24, 2.45) is 0 Å². The van der Waals surface area contributed by atoms with Crippen LogP contribution in [0.5, 0.6) is 11.5 Å². The van der Waals surface area contributed by atoms with Gasteiger partial charge in [-0.3, -0.25) is 14.7 Å². The van der Waals surface area contributed by atoms with Crippen LogP contribution < -0.4 is 10.1 Å². The van der Waals surface area contributed by atoms with Crippen molar-refractivity contribution in [2.75, 3.05) is 11.9 Å². The summed E-state index contributed by atoms with van der Waals surface area (Å²) in [7, 11) is 0. The number of aromatic nitrogens is 1. The second kappa shape index (κ2) is 8.84. The summed E-state index contributed by atoms with van der Waals surface area (Å²) in [4.78, 5) is 19.2. The highest BCUT2D eigenvalue weighted by Crippen LogP contribution is 2.30. The summed E-state index contributed by atoms with van der Waals surface area (Å²) in [5.74, 6) is 0.853. The lowest BCUT2D eigenvalue weighted by Crippen LogP contribution is -2.39. The van der Waals surface area contributed by atoms with E-state index in [0.717, 1.165) is 24.9 Å². The molecular formula is C23H22FN3O2. The van der Waals surface area contributed by atoms with Crippen molar-refractivity contribution in [3.8, 4) is 11.5 Å². The molecule has 1 fully saturated rings. The Bertz CT molecular complexity index is 963. The molecule has 0 aliphatic carbocycles. The van der Waals surface area contributed by atoms with Gasteiger partial charge in [0.05, 0.1) is 17.9 Å². The smallest absolute Gasteiger partial charge is 0.241 e. The first-order valence-electron chi connectivity index (χ1n) is 9.65. The first kappa shape index (κ1) is 19.1. The molecule has 0 unspecified atom stereocenters. The summed E-state index contributed by atoms with van der Waals surface area (Å²) in [5.41, 5.74) is 1.61. The third-order valence-electron chi connectivity index (χ3n) is 4.97. The van der Waals surface area contributed by atoms with Gasteiger partial charge in [0, 0.05) is 12.7 Å². The second-order valence-electron chi connectivity index (χ2n) is 7.03. The summed E-state index contributed by atoms with van der Waals surface area (Å²) in [6, 6.07) is 17.2. The number of amides is 1. The number of nitrogens with zero attached hydrogens (tertiary/aromatic N) is 2. The number of likely N-dealkylation sites (tertiary alicyclic amines) is 1. The Labute approximate surface area is 169 Å². The zero-order valence-corrected chi connectivity index (χ0v) is 15.9. The molecule has 0 spiro atoms. The predicted octanol–water partition coefficient (Wildman–Crippen LogP) is 4.62. The van der Waals surface area contributed by atoms with Gasteiger partial charge in [-0.2, -0.15) is 0 Å². The van der Waals surface area contributed by atoms with Gasteiger partial charge in [0.2, 0.25) is 5.91 Å². The van der Waals surface area contributed by atoms with Gasteiger partial charge in [-0.1, -0.05) is 24.3 Å². The molecule has 2 aromatic carbocycles. The van der Waals surface area contributed by atoms with Gasteiger partial charge in [0.15, 0.2) is 5.75 Å². The van der Waals surface area contributed by atoms with Crippen LogP contribution in [-0.4, -0.2) is 28.4 Å². The molecule has 1 aromatic heterocycles. The van der Waals surface area contributed by atoms with Gasteiger partial charge < -0.3 is 10.1 Å². The van der Waals surface area contributed by atoms with Gasteiger partial charge in [0.25, 0.3) is 0 Å². The molecule has 0 radical (unpaired) electrons. The number of hydrogen-bond acceptors (Lipinski definition) is 4. The molecule has 1 aliphatic rings. The van der Waals surface area contributed by atoms with Gasteiger partial charge >= 0.3 is 0 Å². The van der Waals surface area contributed by atoms with E-state index in [2.05, 4.69) is 15.2 Å². The maximum Gasteiger partial charge on any atom is 0.241 e. The first-order valence-corrected chi connectivity index (χ1v) is 9.65. The molecule has 148 valence electrons. The van der Waals surface area contributed by atoms with Gasteiger partial charge in [0.1, 0.15) is 11.6 Å². The Morgan fingerprint density at radius 3 is 2.76 bits per heavy atom. The highest BCUT2D eigenvalue weighted by molar-refractivity contribution is 5.96. The van der Waals surface area contributed by atoms with Crippen LogP contribution in [0.25, 0.3) is 0 Å². The van der Waals surface area contributed by atoms with Crippen molar-refractivity contribution in [3.05, 3.63) is 84.4 Å². The molecule has 4 rings (SSSR count). The Kier molecular flexibility index (Phi) is 5.81. The van der Waals surface area contributed by atoms with Crippen LogP contribution in [0.15, 0.2) is 73.1 Å². The molecule has 1 atom stereocenters. The van der Waals surface area contributed by atoms with Crippen molar-refractivity contribution in [1.82, 2.24) is 9.88 Å². The van der Waals surface area contributed by atoms with Crippen LogP contribution >= 0.6 is 0 Å². The molecular weight excluding hydrogens is 369 g/mol. The first-order chi connectivity index (χ1) is 14.2. The third-order valence-corrected chi connectivity index (χ3v) is 4.97. The van der Waals surface area contributed by atoms with E-state index in [1.807, 2.05) is 30.3 Å². The molecule has 0 bridgehead atoms. The summed E-state index contributed by atoms with van der Waals surface area (Å²) >= 11 is 0. The summed E-state index contributed by atoms with van der Waals surface area (Å²) in [5, 5.41) is 3.01. The molecule has 1 saturated heterocycles. The predicted molar refractivity (Wildman–Crippen MR) is 109 cm³/mol. The fourth-order valence-electron chi connectivity index (χ4n) is 3.55. The molecule has 1 aliphatic heterocycles. The van der Waals surface area contributed by atoms with Crippen LogP contribution in [0.3, 0.4) is 0 Å². The molecule has 0 saturated carbocycles. The number of halogens is 1. The fourth-order valence-corrected chi connectivity index (χ4v) is 3.55. The largest absolute Gasteiger partial charge is 0.454 e. The summed E-state index contributed by atoms with van der Waals surface area (Å²) < 4.78 is 19.0. The van der Waals surface area contributed by atoms with Crippen LogP contribution in [0.2, 0.25) is 0 Å². The monoisotopic (exact) mass is 391 g/mol. The number of anilines is 1. The highest BCUT2D eigenvalue weighted by Gasteiger charge is 2.31. The lowest BCUT2D eigenvalue weighted by atomic mass is 10.1. The number of para-hydroxylation sites is 2. The average molecular weight is 391 g/mol. The maximum absolute atomic E-state index is 13.1. The number of hydrogen-bond donors (Lipinski definition) is 1. The molecule has 3 aromatic rings. The molecule has 1 N–H and O–H groups in total. The topological polar surface area (TPSA) is 54.5 Å². The fraction of sp³-hybridized carbons (Fsp3) is 0.217. The Balaban J connectivity index is 1.45. The quantitative estimate of drug-likeness (QED) is 0.666. The molecule has 2 heterocycles. The Hall–Kier alpha value is -3.25. The Morgan fingerprint density at radius 2 is 1.97 bits per heavy atom. The van der Waals surface area contributed by atoms with Crippen molar-refractivity contribution in [3.63, 3.8) is 0 Å². The molecule has 6 heteroatoms. The van der Waals surface area contributed by atoms with Crippen LogP contribution in [-0.2, 0) is 11.3 Å². The molecule has 5 nitrogen and oxygen atoms in total. The second-order valence-corrected chi connectivity index (χ2v) is 7.03. The third kappa shape index (κ3) is 4.78. The van der Waals surface area contributed by atoms with Gasteiger partial charge in [-0.25, -0.2) is 4.39 Å². The normalized spacial score (nSPS) is 16.5. The highest BCUT2D eigenvalue weighted by atomic mass is 19.1. The van der Waals surface area contributed by atoms with E-state index in [1.165, 1.54) is 12.1 Å². The number of carbonyl (C=O) groups excluding carboxylic acids is 1. The number of carbonyl (C=O) groups is 1. The lowest BCUT2D eigenvalue weighted by molar-refractivity contribution is -0.120. The number of rotatable bonds is 6. The minimum atomic E-state index is -0.255. The number of ether oxygens (including phenoxy) is 1. The van der Waals surface area contributed by atoms with Crippen molar-refractivity contribution in [1.29, 1.82) is 0 Å². The van der Waals surface area contributed by atoms with Crippen molar-refractivity contribution in [2.45, 2.75) is 25.4 Å². The summed E-state index contributed by atoms with van der Waals surface area (Å²) in [6.45, 7) is 1.45. The van der Waals surface area contributed by atoms with Crippen LogP contribution in [0, 0.1) is 5.82 Å². The number of benzene rings is 2. The van der Waals surface area contributed by atoms with E-state index in [4.69, 9.17) is 4.74 Å². The maximum atomic E-state index is 13.1. The van der Waals surface area contributed by atoms with Gasteiger partial charge in [-0.15, -0.1) is 0 Å². The van der Waals surface area contributed by atoms with E-state index >= 15 is 0 Å². The molecule has 1 amide bonds. The minimum Gasteiger partial charge on any atom is -0.454 e. The Morgan fingerprint density at radius 1 is 1.14 bits per heavy atom. The minimum absolute atomic E-state index is 0.0631. The average Bonchev–Trinajstić information content (AvgIpc) is 3.20. The number of nitrogens with one attached hydrogen (secondary N) is 1. The standard InChI is InChI=1S/C23H22FN3O2/c24-18-11-9-17(10-12-18)16-27-14-4-7-21(27)23(28)26-20-6-1-2-8-22(20)29-19-5-3-13-25-15-19/h1-3,5-6,8-13,15,21H,4,7,14,16H2,(H,26,28)/t21-/m1/s1. The van der Waals surface area contributed by atoms with E-state index in [1.54, 1.807) is 30.6 Å². The van der Waals surface area contributed by atoms with Crippen LogP contribution in [0.1, 0.15) is 18.4 Å². The zero-order valence-electron chi connectivity index (χ0n) is 15.9. The van der Waals surface area contributed by atoms with Crippen molar-refractivity contribution < 1.29 is 13.9 Å². The van der Waals surface area contributed by atoms with E-state index in [9.17, 15) is 9.18 Å². The van der Waals surface area contributed by atoms with E-state index in [0.29, 0.717) is 23.7 Å². The van der Waals surface area contributed by atoms with Crippen LogP contribution in [0.4, 0.5) is 10.1 Å². The summed E-state index contributed by atoms with van der Waals surface area (Å²) in [6.07, 6.45) is 5.04. The zero-order chi connectivity index (χ0) is 20.1. The SMILES string of the molecule is O=C(Nc1ccccc1Oc1cccnc1)[C@H]1CCCN1Cc1ccc(F)cc1. The van der Waals surface area contributed by atoms with E-state index < -0.39 is 0 Å². The van der Waals surface area contributed by atoms with Gasteiger partial charge in [-0.05, 0) is 61.3 Å². The molecule has 29 heavy (non-hydrogen) atoms. The van der Waals surface area contributed by atoms with Crippen molar-refractivity contribution >= 4 is 11.6 Å². The number of pyridine rings is 1. The van der Waals surface area contributed by atoms with E-state index in [-0.39, 0.29) is 17.8 Å². The lowest BCUT2D eigenvalue weighted by Gasteiger charge is -2.24.